The molecule has 0 spiro atoms. The Bertz CT molecular complexity index is 743. The third-order valence-electron chi connectivity index (χ3n) is 3.79. The number of ketones is 1. The van der Waals surface area contributed by atoms with Gasteiger partial charge < -0.3 is 0 Å². The number of Topliss-reactive ketones (excluding diaryl/α,β-unsaturated/α-hetero) is 1. The minimum atomic E-state index is -0.766. The fourth-order valence-corrected chi connectivity index (χ4v) is 2.62. The number of hydrogen-bond acceptors (Lipinski definition) is 2. The summed E-state index contributed by atoms with van der Waals surface area (Å²) < 4.78 is 0.880. The Kier molecular flexibility index (Phi) is 4.59. The molecule has 1 atom stereocenters. The molecule has 3 heteroatoms. The number of halogens is 1. The lowest BCUT2D eigenvalue weighted by Gasteiger charge is -2.13. The van der Waals surface area contributed by atoms with E-state index >= 15 is 0 Å². The SMILES string of the molecule is Cc1ccc(C(C#N)C(=O)c2cccc(Br)c2C)cc1C. The van der Waals surface area contributed by atoms with Crippen LogP contribution in [0.1, 0.15) is 38.5 Å². The van der Waals surface area contributed by atoms with E-state index in [4.69, 9.17) is 0 Å². The van der Waals surface area contributed by atoms with Crippen LogP contribution in [0.25, 0.3) is 0 Å². The Labute approximate surface area is 133 Å². The van der Waals surface area contributed by atoms with Crippen molar-refractivity contribution in [1.82, 2.24) is 0 Å². The summed E-state index contributed by atoms with van der Waals surface area (Å²) in [5.74, 6) is -0.920. The van der Waals surface area contributed by atoms with Crippen molar-refractivity contribution in [3.8, 4) is 6.07 Å². The summed E-state index contributed by atoms with van der Waals surface area (Å²) in [5.41, 5.74) is 4.46. The number of nitriles is 1. The second-order valence-corrected chi connectivity index (χ2v) is 6.04. The molecule has 0 radical (unpaired) electrons. The first-order chi connectivity index (χ1) is 9.95. The summed E-state index contributed by atoms with van der Waals surface area (Å²) in [5, 5.41) is 9.45. The van der Waals surface area contributed by atoms with Gasteiger partial charge in [-0.05, 0) is 49.1 Å². The van der Waals surface area contributed by atoms with E-state index in [0.29, 0.717) is 5.56 Å². The van der Waals surface area contributed by atoms with Gasteiger partial charge in [-0.1, -0.05) is 46.3 Å². The Balaban J connectivity index is 2.46. The highest BCUT2D eigenvalue weighted by Gasteiger charge is 2.23. The van der Waals surface area contributed by atoms with Gasteiger partial charge in [-0.3, -0.25) is 4.79 Å². The molecule has 1 unspecified atom stereocenters. The highest BCUT2D eigenvalue weighted by Crippen LogP contribution is 2.27. The number of rotatable bonds is 3. The van der Waals surface area contributed by atoms with Crippen LogP contribution in [0, 0.1) is 32.1 Å². The maximum Gasteiger partial charge on any atom is 0.184 e. The van der Waals surface area contributed by atoms with Gasteiger partial charge in [0.05, 0.1) is 6.07 Å². The molecule has 2 rings (SSSR count). The normalized spacial score (nSPS) is 11.8. The van der Waals surface area contributed by atoms with Crippen molar-refractivity contribution in [1.29, 1.82) is 5.26 Å². The average Bonchev–Trinajstić information content (AvgIpc) is 2.46. The van der Waals surface area contributed by atoms with Crippen LogP contribution in [0.5, 0.6) is 0 Å². The van der Waals surface area contributed by atoms with Crippen molar-refractivity contribution in [3.05, 3.63) is 68.7 Å². The fourth-order valence-electron chi connectivity index (χ4n) is 2.26. The summed E-state index contributed by atoms with van der Waals surface area (Å²) >= 11 is 3.43. The zero-order valence-corrected chi connectivity index (χ0v) is 13.9. The summed E-state index contributed by atoms with van der Waals surface area (Å²) in [6.45, 7) is 5.88. The van der Waals surface area contributed by atoms with Gasteiger partial charge >= 0.3 is 0 Å². The van der Waals surface area contributed by atoms with Crippen molar-refractivity contribution < 1.29 is 4.79 Å². The topological polar surface area (TPSA) is 40.9 Å². The molecule has 0 aliphatic carbocycles. The third-order valence-corrected chi connectivity index (χ3v) is 4.65. The van der Waals surface area contributed by atoms with Gasteiger partial charge in [0.25, 0.3) is 0 Å². The highest BCUT2D eigenvalue weighted by molar-refractivity contribution is 9.10. The molecule has 0 aromatic heterocycles. The first kappa shape index (κ1) is 15.5. The second kappa shape index (κ2) is 6.24. The van der Waals surface area contributed by atoms with E-state index in [2.05, 4.69) is 22.0 Å². The van der Waals surface area contributed by atoms with Crippen LogP contribution in [-0.4, -0.2) is 5.78 Å². The summed E-state index contributed by atoms with van der Waals surface area (Å²) in [7, 11) is 0. The molecular formula is C18H16BrNO. The molecule has 2 aromatic carbocycles. The lowest BCUT2D eigenvalue weighted by molar-refractivity contribution is 0.0978. The Hall–Kier alpha value is -1.92. The van der Waals surface area contributed by atoms with E-state index < -0.39 is 5.92 Å². The van der Waals surface area contributed by atoms with E-state index in [9.17, 15) is 10.1 Å². The van der Waals surface area contributed by atoms with Crippen molar-refractivity contribution in [2.45, 2.75) is 26.7 Å². The van der Waals surface area contributed by atoms with Crippen LogP contribution in [0.3, 0.4) is 0 Å². The van der Waals surface area contributed by atoms with Crippen LogP contribution in [-0.2, 0) is 0 Å². The minimum Gasteiger partial charge on any atom is -0.292 e. The maximum atomic E-state index is 12.7. The summed E-state index contributed by atoms with van der Waals surface area (Å²) in [6.07, 6.45) is 0. The molecule has 0 aliphatic heterocycles. The van der Waals surface area contributed by atoms with Crippen LogP contribution < -0.4 is 0 Å². The lowest BCUT2D eigenvalue weighted by atomic mass is 9.88. The molecule has 0 saturated heterocycles. The monoisotopic (exact) mass is 341 g/mol. The van der Waals surface area contributed by atoms with E-state index in [0.717, 1.165) is 26.7 Å². The van der Waals surface area contributed by atoms with Crippen LogP contribution in [0.2, 0.25) is 0 Å². The predicted octanol–water partition coefficient (Wildman–Crippen LogP) is 4.86. The molecule has 0 bridgehead atoms. The van der Waals surface area contributed by atoms with Gasteiger partial charge in [0.15, 0.2) is 5.78 Å². The number of carbonyl (C=O) groups excluding carboxylic acids is 1. The van der Waals surface area contributed by atoms with Gasteiger partial charge in [0, 0.05) is 10.0 Å². The number of carbonyl (C=O) groups is 1. The highest BCUT2D eigenvalue weighted by atomic mass is 79.9. The Morgan fingerprint density at radius 1 is 1.14 bits per heavy atom. The summed E-state index contributed by atoms with van der Waals surface area (Å²) in [6, 6.07) is 13.4. The quantitative estimate of drug-likeness (QED) is 0.747. The van der Waals surface area contributed by atoms with Crippen molar-refractivity contribution in [2.24, 2.45) is 0 Å². The molecule has 0 aliphatic rings. The number of benzene rings is 2. The average molecular weight is 342 g/mol. The molecule has 0 N–H and O–H groups in total. The van der Waals surface area contributed by atoms with Crippen molar-refractivity contribution in [2.75, 3.05) is 0 Å². The second-order valence-electron chi connectivity index (χ2n) is 5.18. The van der Waals surface area contributed by atoms with E-state index in [1.807, 2.05) is 51.1 Å². The van der Waals surface area contributed by atoms with Crippen molar-refractivity contribution >= 4 is 21.7 Å². The maximum absolute atomic E-state index is 12.7. The minimum absolute atomic E-state index is 0.153. The van der Waals surface area contributed by atoms with E-state index in [-0.39, 0.29) is 5.78 Å². The Morgan fingerprint density at radius 2 is 1.86 bits per heavy atom. The fraction of sp³-hybridized carbons (Fsp3) is 0.222. The predicted molar refractivity (Wildman–Crippen MR) is 87.5 cm³/mol. The lowest BCUT2D eigenvalue weighted by Crippen LogP contribution is -2.13. The number of hydrogen-bond donors (Lipinski definition) is 0. The first-order valence-electron chi connectivity index (χ1n) is 6.71. The van der Waals surface area contributed by atoms with Gasteiger partial charge in [0.2, 0.25) is 0 Å². The Morgan fingerprint density at radius 3 is 2.48 bits per heavy atom. The molecule has 106 valence electrons. The zero-order chi connectivity index (χ0) is 15.6. The molecule has 21 heavy (non-hydrogen) atoms. The molecule has 0 heterocycles. The molecule has 2 aromatic rings. The molecule has 0 saturated carbocycles. The molecule has 0 amide bonds. The van der Waals surface area contributed by atoms with Gasteiger partial charge in [-0.2, -0.15) is 5.26 Å². The van der Waals surface area contributed by atoms with Crippen LogP contribution in [0.15, 0.2) is 40.9 Å². The van der Waals surface area contributed by atoms with Gasteiger partial charge in [0.1, 0.15) is 5.92 Å². The first-order valence-corrected chi connectivity index (χ1v) is 7.51. The summed E-state index contributed by atoms with van der Waals surface area (Å²) in [4.78, 5) is 12.7. The molecule has 0 fully saturated rings. The number of nitrogens with zero attached hydrogens (tertiary/aromatic N) is 1. The van der Waals surface area contributed by atoms with Gasteiger partial charge in [-0.15, -0.1) is 0 Å². The standard InChI is InChI=1S/C18H16BrNO/c1-11-7-8-14(9-12(11)2)16(10-20)18(21)15-5-4-6-17(19)13(15)3/h4-9,16H,1-3H3. The molecular weight excluding hydrogens is 326 g/mol. The van der Waals surface area contributed by atoms with Crippen molar-refractivity contribution in [3.63, 3.8) is 0 Å². The van der Waals surface area contributed by atoms with E-state index in [1.54, 1.807) is 6.07 Å². The third kappa shape index (κ3) is 3.06. The zero-order valence-electron chi connectivity index (χ0n) is 12.3. The largest absolute Gasteiger partial charge is 0.292 e. The smallest absolute Gasteiger partial charge is 0.184 e. The van der Waals surface area contributed by atoms with Crippen LogP contribution >= 0.6 is 15.9 Å². The van der Waals surface area contributed by atoms with Crippen LogP contribution in [0.4, 0.5) is 0 Å². The number of aryl methyl sites for hydroxylation is 2. The van der Waals surface area contributed by atoms with Gasteiger partial charge in [-0.25, -0.2) is 0 Å². The van der Waals surface area contributed by atoms with E-state index in [1.165, 1.54) is 0 Å². The molecule has 2 nitrogen and oxygen atoms in total.